The fourth-order valence-electron chi connectivity index (χ4n) is 2.68. The summed E-state index contributed by atoms with van der Waals surface area (Å²) < 4.78 is 15.2. The van der Waals surface area contributed by atoms with E-state index < -0.39 is 24.3 Å². The van der Waals surface area contributed by atoms with Crippen LogP contribution in [0.25, 0.3) is 0 Å². The number of hydrogen-bond donors (Lipinski definition) is 1. The Kier molecular flexibility index (Phi) is 6.76. The highest BCUT2D eigenvalue weighted by atomic mass is 16.5. The molecule has 27 heavy (non-hydrogen) atoms. The number of methoxy groups -OCH3 is 1. The standard InChI is InChI=1S/C20H23NO6/c1-12-6-5-7-15(10-12)26-9-8-17(23)27-11-16(22)19-13(2)18(14(3)21-19)20(24)25-4/h5-7,10,21H,8-9,11H2,1-4H3. The van der Waals surface area contributed by atoms with Crippen molar-refractivity contribution >= 4 is 17.7 Å². The van der Waals surface area contributed by atoms with Crippen molar-refractivity contribution in [1.82, 2.24) is 4.98 Å². The highest BCUT2D eigenvalue weighted by molar-refractivity contribution is 6.02. The number of rotatable bonds is 8. The van der Waals surface area contributed by atoms with E-state index in [1.165, 1.54) is 7.11 Å². The summed E-state index contributed by atoms with van der Waals surface area (Å²) in [5, 5.41) is 0. The van der Waals surface area contributed by atoms with Crippen LogP contribution in [0.4, 0.5) is 0 Å². The van der Waals surface area contributed by atoms with E-state index in [-0.39, 0.29) is 18.7 Å². The molecule has 0 amide bonds. The number of Topliss-reactive ketones (excluding diaryl/α,β-unsaturated/α-hetero) is 1. The molecule has 0 saturated carbocycles. The monoisotopic (exact) mass is 373 g/mol. The van der Waals surface area contributed by atoms with Crippen molar-refractivity contribution < 1.29 is 28.6 Å². The lowest BCUT2D eigenvalue weighted by molar-refractivity contribution is -0.143. The van der Waals surface area contributed by atoms with Gasteiger partial charge in [-0.15, -0.1) is 0 Å². The van der Waals surface area contributed by atoms with Crippen molar-refractivity contribution in [3.05, 3.63) is 52.3 Å². The second kappa shape index (κ2) is 9.02. The number of aromatic nitrogens is 1. The van der Waals surface area contributed by atoms with E-state index >= 15 is 0 Å². The van der Waals surface area contributed by atoms with Crippen molar-refractivity contribution in [3.8, 4) is 5.75 Å². The average Bonchev–Trinajstić information content (AvgIpc) is 2.93. The van der Waals surface area contributed by atoms with Gasteiger partial charge in [-0.3, -0.25) is 9.59 Å². The van der Waals surface area contributed by atoms with E-state index in [1.807, 2.05) is 25.1 Å². The number of ketones is 1. The number of benzene rings is 1. The molecule has 0 radical (unpaired) electrons. The number of nitrogens with one attached hydrogen (secondary N) is 1. The van der Waals surface area contributed by atoms with E-state index in [0.717, 1.165) is 5.56 Å². The highest BCUT2D eigenvalue weighted by Crippen LogP contribution is 2.19. The summed E-state index contributed by atoms with van der Waals surface area (Å²) in [6.45, 7) is 5.00. The minimum absolute atomic E-state index is 0.0252. The maximum atomic E-state index is 12.3. The fourth-order valence-corrected chi connectivity index (χ4v) is 2.68. The van der Waals surface area contributed by atoms with Gasteiger partial charge in [0.15, 0.2) is 6.61 Å². The molecule has 0 aliphatic heterocycles. The molecule has 144 valence electrons. The zero-order valence-electron chi connectivity index (χ0n) is 15.9. The van der Waals surface area contributed by atoms with Gasteiger partial charge in [-0.1, -0.05) is 12.1 Å². The Morgan fingerprint density at radius 2 is 1.85 bits per heavy atom. The van der Waals surface area contributed by atoms with Gasteiger partial charge in [0, 0.05) is 5.69 Å². The number of H-pyrrole nitrogens is 1. The Bertz CT molecular complexity index is 852. The number of aryl methyl sites for hydroxylation is 2. The summed E-state index contributed by atoms with van der Waals surface area (Å²) in [6.07, 6.45) is 0.0252. The van der Waals surface area contributed by atoms with Crippen molar-refractivity contribution in [2.45, 2.75) is 27.2 Å². The zero-order chi connectivity index (χ0) is 20.0. The molecule has 1 aromatic carbocycles. The SMILES string of the molecule is COC(=O)c1c(C)[nH]c(C(=O)COC(=O)CCOc2cccc(C)c2)c1C. The van der Waals surface area contributed by atoms with Crippen molar-refractivity contribution in [2.24, 2.45) is 0 Å². The van der Waals surface area contributed by atoms with Gasteiger partial charge < -0.3 is 19.2 Å². The van der Waals surface area contributed by atoms with Crippen LogP contribution in [0.15, 0.2) is 24.3 Å². The van der Waals surface area contributed by atoms with Gasteiger partial charge in [0.05, 0.1) is 31.4 Å². The smallest absolute Gasteiger partial charge is 0.339 e. The molecule has 1 N–H and O–H groups in total. The van der Waals surface area contributed by atoms with Gasteiger partial charge >= 0.3 is 11.9 Å². The first-order valence-electron chi connectivity index (χ1n) is 8.49. The van der Waals surface area contributed by atoms with Crippen LogP contribution in [-0.4, -0.2) is 43.0 Å². The molecular formula is C20H23NO6. The van der Waals surface area contributed by atoms with E-state index in [1.54, 1.807) is 19.9 Å². The second-order valence-electron chi connectivity index (χ2n) is 6.12. The molecular weight excluding hydrogens is 350 g/mol. The molecule has 0 saturated heterocycles. The Morgan fingerprint density at radius 3 is 2.52 bits per heavy atom. The number of aromatic amines is 1. The molecule has 1 heterocycles. The Hall–Kier alpha value is -3.09. The first-order chi connectivity index (χ1) is 12.8. The van der Waals surface area contributed by atoms with Crippen molar-refractivity contribution in [1.29, 1.82) is 0 Å². The highest BCUT2D eigenvalue weighted by Gasteiger charge is 2.23. The summed E-state index contributed by atoms with van der Waals surface area (Å²) in [7, 11) is 1.27. The maximum Gasteiger partial charge on any atom is 0.339 e. The van der Waals surface area contributed by atoms with Crippen molar-refractivity contribution in [3.63, 3.8) is 0 Å². The number of ether oxygens (including phenoxy) is 3. The predicted octanol–water partition coefficient (Wildman–Crippen LogP) is 2.92. The molecule has 1 aromatic heterocycles. The van der Waals surface area contributed by atoms with Crippen LogP contribution >= 0.6 is 0 Å². The minimum atomic E-state index is -0.537. The Morgan fingerprint density at radius 1 is 1.11 bits per heavy atom. The minimum Gasteiger partial charge on any atom is -0.493 e. The van der Waals surface area contributed by atoms with Gasteiger partial charge in [-0.25, -0.2) is 4.79 Å². The van der Waals surface area contributed by atoms with Crippen LogP contribution < -0.4 is 4.74 Å². The molecule has 2 aromatic rings. The predicted molar refractivity (Wildman–Crippen MR) is 98.2 cm³/mol. The molecule has 0 aliphatic carbocycles. The third-order valence-corrected chi connectivity index (χ3v) is 4.03. The quantitative estimate of drug-likeness (QED) is 0.565. The van der Waals surface area contributed by atoms with Gasteiger partial charge in [0.1, 0.15) is 5.75 Å². The van der Waals surface area contributed by atoms with Gasteiger partial charge in [0.2, 0.25) is 5.78 Å². The normalized spacial score (nSPS) is 10.4. The molecule has 0 atom stereocenters. The lowest BCUT2D eigenvalue weighted by Gasteiger charge is -2.07. The van der Waals surface area contributed by atoms with Crippen molar-refractivity contribution in [2.75, 3.05) is 20.3 Å². The maximum absolute atomic E-state index is 12.3. The van der Waals surface area contributed by atoms with E-state index in [2.05, 4.69) is 4.98 Å². The first kappa shape index (κ1) is 20.2. The Labute approximate surface area is 157 Å². The second-order valence-corrected chi connectivity index (χ2v) is 6.12. The molecule has 7 heteroatoms. The van der Waals surface area contributed by atoms with E-state index in [9.17, 15) is 14.4 Å². The van der Waals surface area contributed by atoms with Gasteiger partial charge in [-0.05, 0) is 44.0 Å². The van der Waals surface area contributed by atoms with Gasteiger partial charge in [0.25, 0.3) is 0 Å². The zero-order valence-corrected chi connectivity index (χ0v) is 15.9. The van der Waals surface area contributed by atoms with E-state index in [0.29, 0.717) is 22.6 Å². The summed E-state index contributed by atoms with van der Waals surface area (Å²) in [4.78, 5) is 38.7. The number of esters is 2. The summed E-state index contributed by atoms with van der Waals surface area (Å²) >= 11 is 0. The number of hydrogen-bond acceptors (Lipinski definition) is 6. The fraction of sp³-hybridized carbons (Fsp3) is 0.350. The molecule has 0 spiro atoms. The Balaban J connectivity index is 1.84. The van der Waals surface area contributed by atoms with Crippen LogP contribution in [0.5, 0.6) is 5.75 Å². The van der Waals surface area contributed by atoms with E-state index in [4.69, 9.17) is 14.2 Å². The molecule has 7 nitrogen and oxygen atoms in total. The molecule has 0 fully saturated rings. The van der Waals surface area contributed by atoms with Crippen LogP contribution in [-0.2, 0) is 14.3 Å². The van der Waals surface area contributed by atoms with Crippen LogP contribution in [0.3, 0.4) is 0 Å². The molecule has 0 aliphatic rings. The summed E-state index contributed by atoms with van der Waals surface area (Å²) in [5.74, 6) is -0.805. The third-order valence-electron chi connectivity index (χ3n) is 4.03. The summed E-state index contributed by atoms with van der Waals surface area (Å²) in [6, 6.07) is 7.48. The molecule has 0 bridgehead atoms. The average molecular weight is 373 g/mol. The first-order valence-corrected chi connectivity index (χ1v) is 8.49. The molecule has 2 rings (SSSR count). The van der Waals surface area contributed by atoms with Crippen LogP contribution in [0, 0.1) is 20.8 Å². The number of carbonyl (C=O) groups is 3. The third kappa shape index (κ3) is 5.20. The lowest BCUT2D eigenvalue weighted by Crippen LogP contribution is -2.17. The lowest BCUT2D eigenvalue weighted by atomic mass is 10.1. The van der Waals surface area contributed by atoms with Gasteiger partial charge in [-0.2, -0.15) is 0 Å². The molecule has 0 unspecified atom stereocenters. The van der Waals surface area contributed by atoms with Crippen LogP contribution in [0.2, 0.25) is 0 Å². The van der Waals surface area contributed by atoms with Crippen LogP contribution in [0.1, 0.15) is 44.1 Å². The summed E-state index contributed by atoms with van der Waals surface area (Å²) in [5.41, 5.74) is 2.61. The number of carbonyl (C=O) groups excluding carboxylic acids is 3. The topological polar surface area (TPSA) is 94.7 Å². The largest absolute Gasteiger partial charge is 0.493 e.